The molecule has 0 aliphatic rings. The van der Waals surface area contributed by atoms with Gasteiger partial charge in [0.05, 0.1) is 5.69 Å². The summed E-state index contributed by atoms with van der Waals surface area (Å²) in [5.41, 5.74) is 4.88. The summed E-state index contributed by atoms with van der Waals surface area (Å²) in [4.78, 5) is 23.0. The Labute approximate surface area is 195 Å². The minimum atomic E-state index is 0.0121. The number of nitrogens with zero attached hydrogens (tertiary/aromatic N) is 3. The van der Waals surface area contributed by atoms with Crippen LogP contribution >= 0.6 is 0 Å². The van der Waals surface area contributed by atoms with Crippen LogP contribution in [0.25, 0.3) is 11.5 Å². The molecule has 0 saturated carbocycles. The third-order valence-electron chi connectivity index (χ3n) is 5.12. The number of aromatic nitrogens is 1. The molecule has 0 atom stereocenters. The standard InChI is InChI=1S/C26H33N5O2/c1-5-27-26(28-15-13-20-7-6-8-22(17-20)25(32)31(3)4)29-16-14-23-18-33-24(30-23)21-11-9-19(2)10-12-21/h6-12,17-18H,5,13-16H2,1-4H3,(H2,27,28,29). The van der Waals surface area contributed by atoms with Gasteiger partial charge in [0.25, 0.3) is 5.91 Å². The van der Waals surface area contributed by atoms with Gasteiger partial charge < -0.3 is 20.0 Å². The van der Waals surface area contributed by atoms with Crippen molar-refractivity contribution in [3.05, 3.63) is 77.2 Å². The Morgan fingerprint density at radius 2 is 1.88 bits per heavy atom. The molecule has 7 nitrogen and oxygen atoms in total. The van der Waals surface area contributed by atoms with Crippen molar-refractivity contribution >= 4 is 11.9 Å². The third-order valence-corrected chi connectivity index (χ3v) is 5.12. The van der Waals surface area contributed by atoms with E-state index in [1.54, 1.807) is 25.3 Å². The fourth-order valence-electron chi connectivity index (χ4n) is 3.32. The molecule has 7 heteroatoms. The van der Waals surface area contributed by atoms with Gasteiger partial charge in [-0.05, 0) is 50.1 Å². The summed E-state index contributed by atoms with van der Waals surface area (Å²) < 4.78 is 5.63. The van der Waals surface area contributed by atoms with Gasteiger partial charge in [0.1, 0.15) is 6.26 Å². The first kappa shape index (κ1) is 24.0. The molecule has 1 aromatic heterocycles. The van der Waals surface area contributed by atoms with Crippen LogP contribution in [0.4, 0.5) is 0 Å². The van der Waals surface area contributed by atoms with Crippen LogP contribution < -0.4 is 10.6 Å². The summed E-state index contributed by atoms with van der Waals surface area (Å²) in [5.74, 6) is 1.41. The monoisotopic (exact) mass is 447 g/mol. The molecule has 0 fully saturated rings. The van der Waals surface area contributed by atoms with Gasteiger partial charge in [0.2, 0.25) is 5.89 Å². The van der Waals surface area contributed by atoms with Crippen molar-refractivity contribution < 1.29 is 9.21 Å². The number of aliphatic imine (C=N–C) groups is 1. The zero-order valence-corrected chi connectivity index (χ0v) is 19.9. The van der Waals surface area contributed by atoms with Gasteiger partial charge in [-0.1, -0.05) is 29.8 Å². The van der Waals surface area contributed by atoms with E-state index in [1.165, 1.54) is 5.56 Å². The second-order valence-corrected chi connectivity index (χ2v) is 8.10. The van der Waals surface area contributed by atoms with E-state index < -0.39 is 0 Å². The molecule has 3 aromatic rings. The molecule has 1 amide bonds. The van der Waals surface area contributed by atoms with Crippen LogP contribution in [0.2, 0.25) is 0 Å². The predicted octanol–water partition coefficient (Wildman–Crippen LogP) is 3.69. The number of oxazole rings is 1. The van der Waals surface area contributed by atoms with Gasteiger partial charge in [-0.2, -0.15) is 0 Å². The third kappa shape index (κ3) is 7.20. The minimum Gasteiger partial charge on any atom is -0.444 e. The van der Waals surface area contributed by atoms with Crippen molar-refractivity contribution in [2.75, 3.05) is 33.7 Å². The number of nitrogens with one attached hydrogen (secondary N) is 2. The van der Waals surface area contributed by atoms with Crippen LogP contribution in [-0.2, 0) is 12.8 Å². The summed E-state index contributed by atoms with van der Waals surface area (Å²) in [7, 11) is 3.52. The van der Waals surface area contributed by atoms with Gasteiger partial charge in [-0.25, -0.2) is 4.98 Å². The fourth-order valence-corrected chi connectivity index (χ4v) is 3.32. The SMILES string of the molecule is CCNC(=NCCc1coc(-c2ccc(C)cc2)n1)NCCc1cccc(C(=O)N(C)C)c1. The predicted molar refractivity (Wildman–Crippen MR) is 133 cm³/mol. The second-order valence-electron chi connectivity index (χ2n) is 8.10. The summed E-state index contributed by atoms with van der Waals surface area (Å²) >= 11 is 0. The van der Waals surface area contributed by atoms with Crippen LogP contribution in [-0.4, -0.2) is 55.5 Å². The van der Waals surface area contributed by atoms with Crippen LogP contribution in [0.1, 0.15) is 34.1 Å². The average Bonchev–Trinajstić information content (AvgIpc) is 3.28. The number of hydrogen-bond donors (Lipinski definition) is 2. The molecule has 2 aromatic carbocycles. The zero-order valence-electron chi connectivity index (χ0n) is 19.9. The molecule has 1 heterocycles. The van der Waals surface area contributed by atoms with Gasteiger partial charge in [0.15, 0.2) is 5.96 Å². The minimum absolute atomic E-state index is 0.0121. The quantitative estimate of drug-likeness (QED) is 0.386. The van der Waals surface area contributed by atoms with Crippen molar-refractivity contribution in [3.63, 3.8) is 0 Å². The molecule has 2 N–H and O–H groups in total. The number of aryl methyl sites for hydroxylation is 1. The van der Waals surface area contributed by atoms with Gasteiger partial charge >= 0.3 is 0 Å². The maximum atomic E-state index is 12.2. The van der Waals surface area contributed by atoms with Crippen LogP contribution in [0.5, 0.6) is 0 Å². The van der Waals surface area contributed by atoms with Crippen LogP contribution in [0.3, 0.4) is 0 Å². The Morgan fingerprint density at radius 1 is 1.09 bits per heavy atom. The molecular formula is C26H33N5O2. The lowest BCUT2D eigenvalue weighted by molar-refractivity contribution is 0.0827. The van der Waals surface area contributed by atoms with E-state index in [1.807, 2.05) is 55.5 Å². The van der Waals surface area contributed by atoms with Crippen molar-refractivity contribution in [2.45, 2.75) is 26.7 Å². The maximum Gasteiger partial charge on any atom is 0.253 e. The van der Waals surface area contributed by atoms with E-state index in [9.17, 15) is 4.79 Å². The van der Waals surface area contributed by atoms with Crippen molar-refractivity contribution in [3.8, 4) is 11.5 Å². The topological polar surface area (TPSA) is 82.8 Å². The van der Waals surface area contributed by atoms with Crippen molar-refractivity contribution in [1.82, 2.24) is 20.5 Å². The van der Waals surface area contributed by atoms with E-state index in [4.69, 9.17) is 4.42 Å². The smallest absolute Gasteiger partial charge is 0.253 e. The van der Waals surface area contributed by atoms with Crippen molar-refractivity contribution in [2.24, 2.45) is 4.99 Å². The first-order valence-corrected chi connectivity index (χ1v) is 11.3. The maximum absolute atomic E-state index is 12.2. The second kappa shape index (κ2) is 11.9. The normalized spacial score (nSPS) is 11.3. The summed E-state index contributed by atoms with van der Waals surface area (Å²) in [5, 5.41) is 6.63. The molecule has 33 heavy (non-hydrogen) atoms. The first-order chi connectivity index (χ1) is 16.0. The molecule has 3 rings (SSSR count). The molecule has 174 valence electrons. The van der Waals surface area contributed by atoms with Crippen LogP contribution in [0.15, 0.2) is 64.2 Å². The molecule has 0 unspecified atom stereocenters. The van der Waals surface area contributed by atoms with E-state index in [0.29, 0.717) is 31.0 Å². The van der Waals surface area contributed by atoms with E-state index in [2.05, 4.69) is 27.5 Å². The van der Waals surface area contributed by atoms with Gasteiger partial charge in [-0.3, -0.25) is 9.79 Å². The lowest BCUT2D eigenvalue weighted by Gasteiger charge is -2.13. The van der Waals surface area contributed by atoms with E-state index >= 15 is 0 Å². The number of amides is 1. The molecule has 0 aliphatic heterocycles. The van der Waals surface area contributed by atoms with Gasteiger partial charge in [-0.15, -0.1) is 0 Å². The molecule has 0 saturated heterocycles. The Hall–Kier alpha value is -3.61. The average molecular weight is 448 g/mol. The highest BCUT2D eigenvalue weighted by molar-refractivity contribution is 5.94. The Bertz CT molecular complexity index is 1070. The van der Waals surface area contributed by atoms with E-state index in [-0.39, 0.29) is 5.91 Å². The summed E-state index contributed by atoms with van der Waals surface area (Å²) in [6, 6.07) is 15.9. The number of carbonyl (C=O) groups is 1. The summed E-state index contributed by atoms with van der Waals surface area (Å²) in [6.45, 7) is 6.19. The van der Waals surface area contributed by atoms with Gasteiger partial charge in [0, 0.05) is 51.3 Å². The largest absolute Gasteiger partial charge is 0.444 e. The molecular weight excluding hydrogens is 414 g/mol. The molecule has 0 radical (unpaired) electrons. The van der Waals surface area contributed by atoms with Crippen LogP contribution in [0, 0.1) is 6.92 Å². The number of hydrogen-bond acceptors (Lipinski definition) is 4. The first-order valence-electron chi connectivity index (χ1n) is 11.3. The lowest BCUT2D eigenvalue weighted by atomic mass is 10.1. The summed E-state index contributed by atoms with van der Waals surface area (Å²) in [6.07, 6.45) is 3.19. The molecule has 0 aliphatic carbocycles. The number of benzene rings is 2. The number of rotatable bonds is 9. The highest BCUT2D eigenvalue weighted by Gasteiger charge is 2.09. The molecule has 0 bridgehead atoms. The Morgan fingerprint density at radius 3 is 2.61 bits per heavy atom. The number of carbonyl (C=O) groups excluding carboxylic acids is 1. The fraction of sp³-hybridized carbons (Fsp3) is 0.346. The van der Waals surface area contributed by atoms with Crippen molar-refractivity contribution in [1.29, 1.82) is 0 Å². The Kier molecular flexibility index (Phi) is 8.63. The molecule has 0 spiro atoms. The highest BCUT2D eigenvalue weighted by atomic mass is 16.3. The number of guanidine groups is 1. The highest BCUT2D eigenvalue weighted by Crippen LogP contribution is 2.19. The lowest BCUT2D eigenvalue weighted by Crippen LogP contribution is -2.38. The zero-order chi connectivity index (χ0) is 23.6. The van der Waals surface area contributed by atoms with E-state index in [0.717, 1.165) is 35.7 Å². The Balaban J connectivity index is 1.51.